The van der Waals surface area contributed by atoms with Gasteiger partial charge in [-0.25, -0.2) is 4.98 Å². The molecule has 0 aliphatic carbocycles. The Morgan fingerprint density at radius 1 is 0.925 bits per heavy atom. The Bertz CT molecular complexity index is 1310. The van der Waals surface area contributed by atoms with Crippen molar-refractivity contribution >= 4 is 40.9 Å². The summed E-state index contributed by atoms with van der Waals surface area (Å²) < 4.78 is 24.4. The Hall–Kier alpha value is -3.81. The number of carbonyl (C=O) groups excluding carboxylic acids is 4. The van der Waals surface area contributed by atoms with E-state index in [9.17, 15) is 24.0 Å². The zero-order valence-corrected chi connectivity index (χ0v) is 23.9. The summed E-state index contributed by atoms with van der Waals surface area (Å²) in [7, 11) is 0. The van der Waals surface area contributed by atoms with Gasteiger partial charge in [-0.05, 0) is 0 Å². The molecule has 0 unspecified atom stereocenters. The maximum Gasteiger partial charge on any atom is 0.308 e. The van der Waals surface area contributed by atoms with E-state index in [2.05, 4.69) is 20.3 Å². The molecule has 0 saturated carbocycles. The maximum atomic E-state index is 12.8. The van der Waals surface area contributed by atoms with Crippen molar-refractivity contribution in [3.8, 4) is 0 Å². The first-order chi connectivity index (χ1) is 18.7. The first-order valence-corrected chi connectivity index (χ1v) is 13.2. The maximum absolute atomic E-state index is 12.8. The zero-order chi connectivity index (χ0) is 29.9. The molecule has 3 rings (SSSR count). The van der Waals surface area contributed by atoms with Gasteiger partial charge in [0, 0.05) is 5.92 Å². The first kappa shape index (κ1) is 30.7. The number of imidazole rings is 1. The molecule has 14 heteroatoms. The number of amides is 1. The van der Waals surface area contributed by atoms with Gasteiger partial charge in [-0.3, -0.25) is 38.8 Å². The third kappa shape index (κ3) is 6.84. The second-order valence-corrected chi connectivity index (χ2v) is 10.8. The lowest BCUT2D eigenvalue weighted by Crippen LogP contribution is -2.42. The fourth-order valence-electron chi connectivity index (χ4n) is 3.64. The van der Waals surface area contributed by atoms with Gasteiger partial charge in [0.25, 0.3) is 5.56 Å². The van der Waals surface area contributed by atoms with Crippen LogP contribution in [0.1, 0.15) is 61.6 Å². The van der Waals surface area contributed by atoms with Crippen molar-refractivity contribution < 1.29 is 38.1 Å². The number of nitrogens with zero attached hydrogens (tertiary/aromatic N) is 3. The molecule has 220 valence electrons. The number of H-pyrrole nitrogens is 1. The van der Waals surface area contributed by atoms with E-state index in [1.165, 1.54) is 10.9 Å². The van der Waals surface area contributed by atoms with Crippen molar-refractivity contribution in [2.24, 2.45) is 23.7 Å². The monoisotopic (exact) mass is 563 g/mol. The van der Waals surface area contributed by atoms with Crippen LogP contribution < -0.4 is 10.9 Å². The van der Waals surface area contributed by atoms with Crippen molar-refractivity contribution in [2.45, 2.75) is 79.9 Å². The number of anilines is 1. The first-order valence-electron chi connectivity index (χ1n) is 13.2. The van der Waals surface area contributed by atoms with Crippen LogP contribution in [0.5, 0.6) is 0 Å². The van der Waals surface area contributed by atoms with Crippen molar-refractivity contribution in [3.05, 3.63) is 16.7 Å². The molecular formula is C26H37N5O9. The van der Waals surface area contributed by atoms with Crippen molar-refractivity contribution in [1.29, 1.82) is 0 Å². The van der Waals surface area contributed by atoms with Crippen LogP contribution in [-0.2, 0) is 38.1 Å². The molecule has 0 bridgehead atoms. The molecule has 14 nitrogen and oxygen atoms in total. The molecule has 4 atom stereocenters. The number of rotatable bonds is 10. The van der Waals surface area contributed by atoms with E-state index in [4.69, 9.17) is 18.9 Å². The number of carbonyl (C=O) groups is 4. The molecule has 3 heterocycles. The lowest BCUT2D eigenvalue weighted by molar-refractivity contribution is -0.173. The van der Waals surface area contributed by atoms with Gasteiger partial charge in [-0.2, -0.15) is 4.98 Å². The van der Waals surface area contributed by atoms with Crippen LogP contribution in [0.2, 0.25) is 0 Å². The zero-order valence-electron chi connectivity index (χ0n) is 23.9. The van der Waals surface area contributed by atoms with E-state index in [0.717, 1.165) is 0 Å². The molecule has 0 spiro atoms. The van der Waals surface area contributed by atoms with E-state index in [-0.39, 0.29) is 35.5 Å². The number of nitrogens with one attached hydrogen (secondary N) is 2. The molecular weight excluding hydrogens is 526 g/mol. The van der Waals surface area contributed by atoms with Crippen molar-refractivity contribution in [2.75, 3.05) is 11.9 Å². The summed E-state index contributed by atoms with van der Waals surface area (Å²) in [6.45, 7) is 13.0. The molecule has 1 aliphatic rings. The van der Waals surface area contributed by atoms with Gasteiger partial charge in [-0.1, -0.05) is 55.4 Å². The van der Waals surface area contributed by atoms with Gasteiger partial charge in [-0.15, -0.1) is 0 Å². The molecule has 2 aromatic heterocycles. The van der Waals surface area contributed by atoms with E-state index < -0.39 is 65.8 Å². The van der Waals surface area contributed by atoms with Crippen LogP contribution in [0.4, 0.5) is 5.95 Å². The number of hydrogen-bond donors (Lipinski definition) is 2. The molecule has 40 heavy (non-hydrogen) atoms. The van der Waals surface area contributed by atoms with Crippen LogP contribution in [0.15, 0.2) is 11.1 Å². The van der Waals surface area contributed by atoms with Crippen LogP contribution in [0, 0.1) is 23.7 Å². The Morgan fingerprint density at radius 2 is 1.50 bits per heavy atom. The predicted octanol–water partition coefficient (Wildman–Crippen LogP) is 1.95. The Balaban J connectivity index is 2.09. The Morgan fingerprint density at radius 3 is 2.05 bits per heavy atom. The largest absolute Gasteiger partial charge is 0.463 e. The van der Waals surface area contributed by atoms with Crippen molar-refractivity contribution in [3.63, 3.8) is 0 Å². The third-order valence-corrected chi connectivity index (χ3v) is 6.07. The summed E-state index contributed by atoms with van der Waals surface area (Å²) in [5.41, 5.74) is -0.667. The number of ether oxygens (including phenoxy) is 4. The number of esters is 3. The van der Waals surface area contributed by atoms with Gasteiger partial charge in [0.15, 0.2) is 29.6 Å². The minimum atomic E-state index is -1.22. The van der Waals surface area contributed by atoms with E-state index >= 15 is 0 Å². The summed E-state index contributed by atoms with van der Waals surface area (Å²) in [6.07, 6.45) is -3.32. The minimum absolute atomic E-state index is 0.0205. The summed E-state index contributed by atoms with van der Waals surface area (Å²) in [6, 6.07) is 0. The normalized spacial score (nSPS) is 20.9. The smallest absolute Gasteiger partial charge is 0.308 e. The molecule has 1 aliphatic heterocycles. The second kappa shape index (κ2) is 12.6. The van der Waals surface area contributed by atoms with Gasteiger partial charge in [0.1, 0.15) is 12.7 Å². The highest BCUT2D eigenvalue weighted by molar-refractivity contribution is 5.91. The quantitative estimate of drug-likeness (QED) is 0.318. The summed E-state index contributed by atoms with van der Waals surface area (Å²) >= 11 is 0. The summed E-state index contributed by atoms with van der Waals surface area (Å²) in [5.74, 6) is -4.00. The fourth-order valence-corrected chi connectivity index (χ4v) is 3.64. The average Bonchev–Trinajstić information content (AvgIpc) is 3.43. The lowest BCUT2D eigenvalue weighted by Gasteiger charge is -2.26. The number of aromatic nitrogens is 4. The van der Waals surface area contributed by atoms with Gasteiger partial charge < -0.3 is 18.9 Å². The highest BCUT2D eigenvalue weighted by Gasteiger charge is 2.52. The van der Waals surface area contributed by atoms with Crippen LogP contribution in [0.25, 0.3) is 11.2 Å². The summed E-state index contributed by atoms with van der Waals surface area (Å²) in [5, 5.41) is 2.54. The molecule has 0 aromatic carbocycles. The molecule has 1 fully saturated rings. The third-order valence-electron chi connectivity index (χ3n) is 6.07. The van der Waals surface area contributed by atoms with E-state index in [0.29, 0.717) is 0 Å². The van der Waals surface area contributed by atoms with Gasteiger partial charge >= 0.3 is 17.9 Å². The highest BCUT2D eigenvalue weighted by atomic mass is 16.7. The highest BCUT2D eigenvalue weighted by Crippen LogP contribution is 2.36. The molecule has 2 N–H and O–H groups in total. The molecule has 1 amide bonds. The van der Waals surface area contributed by atoms with E-state index in [1.54, 1.807) is 55.4 Å². The molecule has 0 radical (unpaired) electrons. The number of fused-ring (bicyclic) bond motifs is 1. The Kier molecular flexibility index (Phi) is 9.66. The van der Waals surface area contributed by atoms with Crippen molar-refractivity contribution in [1.82, 2.24) is 19.5 Å². The van der Waals surface area contributed by atoms with Gasteiger partial charge in [0.2, 0.25) is 11.9 Å². The minimum Gasteiger partial charge on any atom is -0.463 e. The average molecular weight is 564 g/mol. The fraction of sp³-hybridized carbons (Fsp3) is 0.654. The predicted molar refractivity (Wildman–Crippen MR) is 141 cm³/mol. The SMILES string of the molecule is CC(C)C(=O)Nc1nc2c(ncn2[C@@H]2O[C@H](COC(=O)C(C)C)[C@@H](OC(=O)C(C)C)[C@H]2OC(=O)C(C)C)c(=O)[nH]1. The number of hydrogen-bond acceptors (Lipinski definition) is 11. The van der Waals surface area contributed by atoms with E-state index in [1.807, 2.05) is 0 Å². The van der Waals surface area contributed by atoms with Crippen LogP contribution in [-0.4, -0.2) is 68.3 Å². The van der Waals surface area contributed by atoms with Crippen LogP contribution in [0.3, 0.4) is 0 Å². The number of aromatic amines is 1. The molecule has 1 saturated heterocycles. The Labute approximate surface area is 231 Å². The standard InChI is InChI=1S/C26H37N5O9/c1-11(2)20(32)29-26-28-19-16(21(33)30-26)27-10-31(19)22-18(40-25(36)14(7)8)17(39-24(35)13(5)6)15(38-22)9-37-23(34)12(3)4/h10-15,17-18,22H,9H2,1-8H3,(H2,28,29,30,32,33)/t15-,17-,18-,22-/m1/s1. The topological polar surface area (TPSA) is 181 Å². The lowest BCUT2D eigenvalue weighted by atomic mass is 10.1. The van der Waals surface area contributed by atoms with Gasteiger partial charge in [0.05, 0.1) is 24.1 Å². The second-order valence-electron chi connectivity index (χ2n) is 10.8. The van der Waals surface area contributed by atoms with Crippen LogP contribution >= 0.6 is 0 Å². The molecule has 2 aromatic rings. The summed E-state index contributed by atoms with van der Waals surface area (Å²) in [4.78, 5) is 73.6.